The van der Waals surface area contributed by atoms with Gasteiger partial charge in [-0.05, 0) is 69.7 Å². The van der Waals surface area contributed by atoms with Crippen molar-refractivity contribution in [2.24, 2.45) is 5.73 Å². The molecule has 0 aromatic heterocycles. The Morgan fingerprint density at radius 1 is 0.939 bits per heavy atom. The molecule has 2 aromatic rings. The Bertz CT molecular complexity index is 1480. The van der Waals surface area contributed by atoms with Crippen molar-refractivity contribution in [1.82, 2.24) is 15.1 Å². The van der Waals surface area contributed by atoms with Crippen LogP contribution < -0.4 is 15.8 Å². The first kappa shape index (κ1) is 41.2. The van der Waals surface area contributed by atoms with E-state index in [9.17, 15) is 24.3 Å². The summed E-state index contributed by atoms with van der Waals surface area (Å²) in [6, 6.07) is 9.92. The zero-order chi connectivity index (χ0) is 37.1. The second-order valence-electron chi connectivity index (χ2n) is 12.8. The van der Waals surface area contributed by atoms with Crippen LogP contribution in [0.3, 0.4) is 0 Å². The lowest BCUT2D eigenvalue weighted by Crippen LogP contribution is -2.49. The van der Waals surface area contributed by atoms with E-state index >= 15 is 0 Å². The first-order chi connectivity index (χ1) is 22.9. The number of aromatic hydroxyl groups is 1. The van der Waals surface area contributed by atoms with Gasteiger partial charge in [0.15, 0.2) is 0 Å². The largest absolute Gasteiger partial charge is 0.507 e. The smallest absolute Gasteiger partial charge is 0.328 e. The number of rotatable bonds is 9. The number of nitrogens with zero attached hydrogens (tertiary/aromatic N) is 2. The topological polar surface area (TPSA) is 183 Å². The van der Waals surface area contributed by atoms with Crippen LogP contribution in [0.25, 0.3) is 0 Å². The number of nitrogens with two attached hydrogens (primary N) is 1. The molecule has 2 aromatic carbocycles. The fourth-order valence-corrected chi connectivity index (χ4v) is 5.94. The highest BCUT2D eigenvalue weighted by molar-refractivity contribution is 9.10. The highest BCUT2D eigenvalue weighted by atomic mass is 79.9. The highest BCUT2D eigenvalue weighted by Gasteiger charge is 2.45. The van der Waals surface area contributed by atoms with Gasteiger partial charge in [-0.1, -0.05) is 60.1 Å². The average Bonchev–Trinajstić information content (AvgIpc) is 3.32. The molecule has 4 rings (SSSR count). The number of ether oxygens (including phenoxy) is 1. The number of benzene rings is 2. The number of alkyl halides is 1. The van der Waals surface area contributed by atoms with E-state index < -0.39 is 22.3 Å². The molecule has 6 N–H and O–H groups in total. The van der Waals surface area contributed by atoms with Gasteiger partial charge in [0.2, 0.25) is 5.91 Å². The van der Waals surface area contributed by atoms with Crippen LogP contribution >= 0.6 is 15.9 Å². The molecule has 3 amide bonds. The van der Waals surface area contributed by atoms with Crippen LogP contribution in [0.2, 0.25) is 0 Å². The fraction of sp³-hybridized carbons (Fsp3) is 0.500. The number of hydrogen-bond acceptors (Lipinski definition) is 8. The summed E-state index contributed by atoms with van der Waals surface area (Å²) in [5, 5.41) is 28.3. The van der Waals surface area contributed by atoms with Crippen molar-refractivity contribution in [2.45, 2.75) is 83.7 Å². The molecule has 0 spiro atoms. The van der Waals surface area contributed by atoms with Crippen molar-refractivity contribution in [2.75, 3.05) is 32.7 Å². The van der Waals surface area contributed by atoms with Gasteiger partial charge >= 0.3 is 18.0 Å². The van der Waals surface area contributed by atoms with Crippen LogP contribution in [-0.2, 0) is 20.9 Å². The van der Waals surface area contributed by atoms with Gasteiger partial charge < -0.3 is 30.7 Å². The summed E-state index contributed by atoms with van der Waals surface area (Å²) < 4.78 is 5.78. The lowest BCUT2D eigenvalue weighted by atomic mass is 9.82. The predicted octanol–water partition coefficient (Wildman–Crippen LogP) is 5.24. The third kappa shape index (κ3) is 11.6. The monoisotopic (exact) mass is 746 g/mol. The SMILES string of the molecule is CCC(Br)(CC)C(=O)NC(N)=O.Cc1c(C)c2c(c(C)c1O)C(CN1CCN(Cc3ccccc3)CC1)C(C)(C)O2.O=C(O)/C=C\C(=O)O. The lowest BCUT2D eigenvalue weighted by Gasteiger charge is -2.38. The van der Waals surface area contributed by atoms with Crippen molar-refractivity contribution in [3.63, 3.8) is 0 Å². The normalized spacial score (nSPS) is 17.1. The van der Waals surface area contributed by atoms with Crippen LogP contribution in [0.15, 0.2) is 42.5 Å². The number of amides is 3. The van der Waals surface area contributed by atoms with E-state index in [1.54, 1.807) is 0 Å². The molecule has 1 unspecified atom stereocenters. The van der Waals surface area contributed by atoms with Crippen molar-refractivity contribution in [1.29, 1.82) is 0 Å². The second kappa shape index (κ2) is 18.2. The minimum atomic E-state index is -1.26. The summed E-state index contributed by atoms with van der Waals surface area (Å²) in [4.78, 5) is 45.9. The molecule has 2 aliphatic rings. The summed E-state index contributed by atoms with van der Waals surface area (Å²) in [6.07, 6.45) is 2.34. The number of fused-ring (bicyclic) bond motifs is 1. The first-order valence-electron chi connectivity index (χ1n) is 16.3. The van der Waals surface area contributed by atoms with Crippen LogP contribution in [0.5, 0.6) is 11.5 Å². The summed E-state index contributed by atoms with van der Waals surface area (Å²) in [6.45, 7) is 20.5. The third-order valence-electron chi connectivity index (χ3n) is 9.10. The molecule has 13 heteroatoms. The number of phenolic OH excluding ortho intramolecular Hbond substituents is 1. The minimum Gasteiger partial charge on any atom is -0.507 e. The number of halogens is 1. The molecule has 0 radical (unpaired) electrons. The Morgan fingerprint density at radius 2 is 1.45 bits per heavy atom. The highest BCUT2D eigenvalue weighted by Crippen LogP contribution is 2.51. The minimum absolute atomic E-state index is 0.265. The molecule has 0 saturated carbocycles. The molecule has 49 heavy (non-hydrogen) atoms. The van der Waals surface area contributed by atoms with Crippen molar-refractivity contribution in [3.05, 3.63) is 70.3 Å². The van der Waals surface area contributed by atoms with Gasteiger partial charge in [0.05, 0.1) is 0 Å². The van der Waals surface area contributed by atoms with Gasteiger partial charge in [-0.2, -0.15) is 0 Å². The zero-order valence-corrected chi connectivity index (χ0v) is 31.1. The summed E-state index contributed by atoms with van der Waals surface area (Å²) in [5.74, 6) is -1.20. The Hall–Kier alpha value is -3.94. The molecule has 2 heterocycles. The molecule has 12 nitrogen and oxygen atoms in total. The van der Waals surface area contributed by atoms with Crippen LogP contribution in [0, 0.1) is 20.8 Å². The van der Waals surface area contributed by atoms with Crippen LogP contribution in [-0.4, -0.2) is 91.6 Å². The molecular formula is C36H51BrN4O8. The molecule has 0 aliphatic carbocycles. The Balaban J connectivity index is 0.000000345. The number of nitrogens with one attached hydrogen (secondary N) is 1. The number of carbonyl (C=O) groups excluding carboxylic acids is 2. The Morgan fingerprint density at radius 3 is 1.92 bits per heavy atom. The molecule has 1 fully saturated rings. The number of piperazine rings is 1. The summed E-state index contributed by atoms with van der Waals surface area (Å²) in [7, 11) is 0. The number of imide groups is 1. The molecule has 0 bridgehead atoms. The molecule has 270 valence electrons. The van der Waals surface area contributed by atoms with Crippen molar-refractivity contribution >= 4 is 39.8 Å². The average molecular weight is 748 g/mol. The van der Waals surface area contributed by atoms with Gasteiger partial charge in [-0.3, -0.25) is 15.0 Å². The Labute approximate surface area is 297 Å². The number of primary amides is 1. The maximum atomic E-state index is 11.3. The number of carboxylic acid groups (broad SMARTS) is 2. The van der Waals surface area contributed by atoms with Gasteiger partial charge in [-0.25, -0.2) is 14.4 Å². The fourth-order valence-electron chi connectivity index (χ4n) is 5.84. The number of carboxylic acids is 2. The number of carbonyl (C=O) groups is 4. The maximum absolute atomic E-state index is 11.3. The second-order valence-corrected chi connectivity index (χ2v) is 14.3. The van der Waals surface area contributed by atoms with Gasteiger partial charge in [0.1, 0.15) is 21.4 Å². The standard InChI is InChI=1S/C25H34N2O2.C7H13BrN2O2.C4H4O4/c1-17-18(2)24-22(19(3)23(17)28)21(25(4,5)29-24)16-27-13-11-26(12-14-27)15-20-9-7-6-8-10-20;1-3-7(8,4-2)5(11)10-6(9)12;5-3(6)1-2-4(7)8/h6-10,21,28H,11-16H2,1-5H3;3-4H2,1-2H3,(H3,9,10,11,12);1-2H,(H,5,6)(H,7,8)/b;;2-1-. The van der Waals surface area contributed by atoms with Crippen molar-refractivity contribution < 1.29 is 39.2 Å². The zero-order valence-electron chi connectivity index (χ0n) is 29.5. The van der Waals surface area contributed by atoms with Crippen LogP contribution in [0.1, 0.15) is 74.3 Å². The number of phenols is 1. The van der Waals surface area contributed by atoms with E-state index in [4.69, 9.17) is 20.7 Å². The number of hydrogen-bond donors (Lipinski definition) is 5. The van der Waals surface area contributed by atoms with E-state index in [0.717, 1.165) is 61.7 Å². The van der Waals surface area contributed by atoms with E-state index in [1.165, 1.54) is 11.1 Å². The van der Waals surface area contributed by atoms with E-state index in [2.05, 4.69) is 76.8 Å². The molecule has 1 atom stereocenters. The molecule has 1 saturated heterocycles. The summed E-state index contributed by atoms with van der Waals surface area (Å²) in [5.41, 5.74) is 10.1. The van der Waals surface area contributed by atoms with Gasteiger partial charge in [0, 0.05) is 62.9 Å². The number of aliphatic carboxylic acids is 2. The molecule has 2 aliphatic heterocycles. The third-order valence-corrected chi connectivity index (χ3v) is 10.6. The lowest BCUT2D eigenvalue weighted by molar-refractivity contribution is -0.134. The number of urea groups is 1. The van der Waals surface area contributed by atoms with E-state index in [1.807, 2.05) is 33.0 Å². The van der Waals surface area contributed by atoms with Gasteiger partial charge in [0.25, 0.3) is 0 Å². The Kier molecular flexibility index (Phi) is 15.3. The van der Waals surface area contributed by atoms with E-state index in [-0.39, 0.29) is 17.4 Å². The van der Waals surface area contributed by atoms with Crippen LogP contribution in [0.4, 0.5) is 4.79 Å². The van der Waals surface area contributed by atoms with Gasteiger partial charge in [-0.15, -0.1) is 0 Å². The van der Waals surface area contributed by atoms with E-state index in [0.29, 0.717) is 30.7 Å². The van der Waals surface area contributed by atoms with Crippen molar-refractivity contribution in [3.8, 4) is 11.5 Å². The molecular weight excluding hydrogens is 696 g/mol. The summed E-state index contributed by atoms with van der Waals surface area (Å²) >= 11 is 3.26. The quantitative estimate of drug-likeness (QED) is 0.168. The first-order valence-corrected chi connectivity index (χ1v) is 17.1. The predicted molar refractivity (Wildman–Crippen MR) is 192 cm³/mol. The maximum Gasteiger partial charge on any atom is 0.328 e.